The van der Waals surface area contributed by atoms with Crippen molar-refractivity contribution in [2.75, 3.05) is 6.61 Å². The SMILES string of the molecule is CCC.C\C=C/C=C1/N=CCO/C1=C/C. The van der Waals surface area contributed by atoms with Gasteiger partial charge in [-0.1, -0.05) is 32.4 Å². The second kappa shape index (κ2) is 9.25. The zero-order chi connectivity index (χ0) is 11.5. The summed E-state index contributed by atoms with van der Waals surface area (Å²) in [6, 6.07) is 0. The molecule has 0 unspecified atom stereocenters. The molecule has 0 saturated heterocycles. The molecular weight excluding hydrogens is 186 g/mol. The van der Waals surface area contributed by atoms with Crippen molar-refractivity contribution < 1.29 is 4.74 Å². The minimum Gasteiger partial charge on any atom is -0.486 e. The van der Waals surface area contributed by atoms with E-state index in [1.807, 2.05) is 38.2 Å². The van der Waals surface area contributed by atoms with Crippen LogP contribution in [0.4, 0.5) is 0 Å². The molecule has 0 aromatic carbocycles. The maximum atomic E-state index is 5.35. The Hall–Kier alpha value is -1.31. The fourth-order valence-electron chi connectivity index (χ4n) is 0.944. The molecule has 0 amide bonds. The summed E-state index contributed by atoms with van der Waals surface area (Å²) in [6.07, 6.45) is 10.8. The van der Waals surface area contributed by atoms with Crippen LogP contribution in [0.2, 0.25) is 0 Å². The molecule has 0 saturated carbocycles. The third-order valence-corrected chi connectivity index (χ3v) is 1.50. The Kier molecular flexibility index (Phi) is 8.44. The molecule has 0 aromatic rings. The molecule has 0 aromatic heterocycles. The van der Waals surface area contributed by atoms with Crippen LogP contribution in [0.5, 0.6) is 0 Å². The molecule has 1 aliphatic heterocycles. The van der Waals surface area contributed by atoms with Gasteiger partial charge in [0.2, 0.25) is 0 Å². The van der Waals surface area contributed by atoms with Gasteiger partial charge < -0.3 is 4.74 Å². The maximum Gasteiger partial charge on any atom is 0.141 e. The lowest BCUT2D eigenvalue weighted by Crippen LogP contribution is -2.04. The van der Waals surface area contributed by atoms with Gasteiger partial charge in [-0.25, -0.2) is 0 Å². The lowest BCUT2D eigenvalue weighted by atomic mass is 10.3. The van der Waals surface area contributed by atoms with Gasteiger partial charge in [0.15, 0.2) is 0 Å². The van der Waals surface area contributed by atoms with Crippen molar-refractivity contribution in [3.63, 3.8) is 0 Å². The van der Waals surface area contributed by atoms with Gasteiger partial charge in [-0.3, -0.25) is 4.99 Å². The van der Waals surface area contributed by atoms with E-state index >= 15 is 0 Å². The maximum absolute atomic E-state index is 5.35. The van der Waals surface area contributed by atoms with Gasteiger partial charge in [-0.05, 0) is 26.0 Å². The van der Waals surface area contributed by atoms with Crippen LogP contribution >= 0.6 is 0 Å². The summed E-state index contributed by atoms with van der Waals surface area (Å²) >= 11 is 0. The van der Waals surface area contributed by atoms with Crippen molar-refractivity contribution in [3.8, 4) is 0 Å². The molecule has 0 aliphatic carbocycles. The summed E-state index contributed by atoms with van der Waals surface area (Å²) in [6.45, 7) is 8.74. The molecule has 0 spiro atoms. The number of allylic oxidation sites excluding steroid dienone is 4. The first-order chi connectivity index (χ1) is 7.29. The summed E-state index contributed by atoms with van der Waals surface area (Å²) in [5, 5.41) is 0. The molecule has 2 heteroatoms. The fourth-order valence-corrected chi connectivity index (χ4v) is 0.944. The van der Waals surface area contributed by atoms with E-state index in [4.69, 9.17) is 4.74 Å². The van der Waals surface area contributed by atoms with E-state index in [1.165, 1.54) is 6.42 Å². The van der Waals surface area contributed by atoms with Crippen molar-refractivity contribution in [2.24, 2.45) is 4.99 Å². The van der Waals surface area contributed by atoms with Gasteiger partial charge in [0, 0.05) is 6.21 Å². The summed E-state index contributed by atoms with van der Waals surface area (Å²) in [5.74, 6) is 0.857. The van der Waals surface area contributed by atoms with Crippen LogP contribution < -0.4 is 0 Å². The first-order valence-corrected chi connectivity index (χ1v) is 5.45. The Morgan fingerprint density at radius 1 is 1.40 bits per heavy atom. The highest BCUT2D eigenvalue weighted by Crippen LogP contribution is 2.15. The highest BCUT2D eigenvalue weighted by atomic mass is 16.5. The minimum absolute atomic E-state index is 0.576. The minimum atomic E-state index is 0.576. The standard InChI is InChI=1S/C10H13NO.C3H8/c1-3-5-6-9-10(4-2)12-8-7-11-9;1-3-2/h3-7H,8H2,1-2H3;3H2,1-2H3/b5-3-,9-6+,10-4+;. The van der Waals surface area contributed by atoms with Crippen LogP contribution in [-0.2, 0) is 4.74 Å². The Balaban J connectivity index is 0.000000583. The molecule has 0 bridgehead atoms. The summed E-state index contributed by atoms with van der Waals surface area (Å²) in [4.78, 5) is 4.21. The second-order valence-corrected chi connectivity index (χ2v) is 3.06. The Bertz CT molecular complexity index is 272. The first-order valence-electron chi connectivity index (χ1n) is 5.45. The normalized spacial score (nSPS) is 20.3. The fraction of sp³-hybridized carbons (Fsp3) is 0.462. The van der Waals surface area contributed by atoms with E-state index in [1.54, 1.807) is 6.21 Å². The topological polar surface area (TPSA) is 21.6 Å². The smallest absolute Gasteiger partial charge is 0.141 e. The highest BCUT2D eigenvalue weighted by Gasteiger charge is 2.05. The Labute approximate surface area is 93.1 Å². The largest absolute Gasteiger partial charge is 0.486 e. The van der Waals surface area contributed by atoms with Crippen LogP contribution in [0.1, 0.15) is 34.1 Å². The van der Waals surface area contributed by atoms with Crippen molar-refractivity contribution in [3.05, 3.63) is 35.8 Å². The third-order valence-electron chi connectivity index (χ3n) is 1.50. The predicted octanol–water partition coefficient (Wildman–Crippen LogP) is 3.87. The molecule has 2 nitrogen and oxygen atoms in total. The summed E-state index contributed by atoms with van der Waals surface area (Å²) in [5.41, 5.74) is 0.891. The molecule has 15 heavy (non-hydrogen) atoms. The highest BCUT2D eigenvalue weighted by molar-refractivity contribution is 5.63. The molecular formula is C13H21NO. The summed E-state index contributed by atoms with van der Waals surface area (Å²) < 4.78 is 5.35. The zero-order valence-electron chi connectivity index (χ0n) is 10.2. The van der Waals surface area contributed by atoms with Gasteiger partial charge in [0.05, 0.1) is 0 Å². The predicted molar refractivity (Wildman–Crippen MR) is 67.1 cm³/mol. The van der Waals surface area contributed by atoms with Gasteiger partial charge in [0.1, 0.15) is 18.1 Å². The van der Waals surface area contributed by atoms with Crippen LogP contribution in [0.25, 0.3) is 0 Å². The molecule has 1 aliphatic rings. The van der Waals surface area contributed by atoms with Crippen molar-refractivity contribution in [1.82, 2.24) is 0 Å². The molecule has 1 rings (SSSR count). The van der Waals surface area contributed by atoms with Crippen LogP contribution in [0, 0.1) is 0 Å². The van der Waals surface area contributed by atoms with Crippen molar-refractivity contribution in [2.45, 2.75) is 34.1 Å². The van der Waals surface area contributed by atoms with Gasteiger partial charge in [0.25, 0.3) is 0 Å². The van der Waals surface area contributed by atoms with E-state index in [0.29, 0.717) is 6.61 Å². The first kappa shape index (κ1) is 13.7. The van der Waals surface area contributed by atoms with Crippen LogP contribution in [-0.4, -0.2) is 12.8 Å². The van der Waals surface area contributed by atoms with Gasteiger partial charge in [-0.15, -0.1) is 0 Å². The molecule has 0 N–H and O–H groups in total. The van der Waals surface area contributed by atoms with Crippen LogP contribution in [0.15, 0.2) is 40.8 Å². The quantitative estimate of drug-likeness (QED) is 0.639. The average molecular weight is 207 g/mol. The number of rotatable bonds is 1. The molecule has 84 valence electrons. The van der Waals surface area contributed by atoms with E-state index in [9.17, 15) is 0 Å². The number of hydrogen-bond donors (Lipinski definition) is 0. The van der Waals surface area contributed by atoms with Crippen molar-refractivity contribution in [1.29, 1.82) is 0 Å². The van der Waals surface area contributed by atoms with Gasteiger partial charge in [-0.2, -0.15) is 0 Å². The number of aliphatic imine (C=N–C) groups is 1. The molecule has 0 radical (unpaired) electrons. The average Bonchev–Trinajstić information content (AvgIpc) is 2.28. The zero-order valence-corrected chi connectivity index (χ0v) is 10.2. The number of hydrogen-bond acceptors (Lipinski definition) is 2. The Morgan fingerprint density at radius 2 is 2.07 bits per heavy atom. The van der Waals surface area contributed by atoms with E-state index in [-0.39, 0.29) is 0 Å². The third kappa shape index (κ3) is 5.89. The molecule has 1 heterocycles. The number of nitrogens with zero attached hydrogens (tertiary/aromatic N) is 1. The van der Waals surface area contributed by atoms with E-state index in [2.05, 4.69) is 18.8 Å². The van der Waals surface area contributed by atoms with E-state index in [0.717, 1.165) is 11.5 Å². The Morgan fingerprint density at radius 3 is 2.60 bits per heavy atom. The lowest BCUT2D eigenvalue weighted by Gasteiger charge is -2.12. The van der Waals surface area contributed by atoms with E-state index < -0.39 is 0 Å². The molecule has 0 fully saturated rings. The monoisotopic (exact) mass is 207 g/mol. The van der Waals surface area contributed by atoms with Crippen molar-refractivity contribution >= 4 is 6.21 Å². The lowest BCUT2D eigenvalue weighted by molar-refractivity contribution is 0.263. The summed E-state index contributed by atoms with van der Waals surface area (Å²) in [7, 11) is 0. The second-order valence-electron chi connectivity index (χ2n) is 3.06. The number of ether oxygens (including phenoxy) is 1. The van der Waals surface area contributed by atoms with Crippen LogP contribution in [0.3, 0.4) is 0 Å². The van der Waals surface area contributed by atoms with Gasteiger partial charge >= 0.3 is 0 Å². The molecule has 0 atom stereocenters.